The van der Waals surface area contributed by atoms with Crippen LogP contribution in [0.1, 0.15) is 29.6 Å². The molecule has 0 unspecified atom stereocenters. The van der Waals surface area contributed by atoms with E-state index < -0.39 is 0 Å². The van der Waals surface area contributed by atoms with Crippen LogP contribution in [0.5, 0.6) is 0 Å². The monoisotopic (exact) mass is 318 g/mol. The number of hydrogen-bond donors (Lipinski definition) is 0. The standard InChI is InChI=1S/C12H12BrClO3/c1-17-12(16)4-2-3-11(15)8-5-6-9(13)10(14)7-8/h5-7H,2-4H2,1H3. The number of rotatable bonds is 5. The van der Waals surface area contributed by atoms with E-state index in [9.17, 15) is 9.59 Å². The van der Waals surface area contributed by atoms with E-state index in [-0.39, 0.29) is 18.2 Å². The van der Waals surface area contributed by atoms with Gasteiger partial charge in [0.05, 0.1) is 12.1 Å². The Morgan fingerprint density at radius 1 is 1.35 bits per heavy atom. The third-order valence-electron chi connectivity index (χ3n) is 2.25. The fourth-order valence-corrected chi connectivity index (χ4v) is 1.74. The van der Waals surface area contributed by atoms with E-state index in [1.54, 1.807) is 18.2 Å². The molecule has 0 N–H and O–H groups in total. The first-order valence-corrected chi connectivity index (χ1v) is 6.26. The zero-order chi connectivity index (χ0) is 12.8. The van der Waals surface area contributed by atoms with E-state index in [4.69, 9.17) is 11.6 Å². The summed E-state index contributed by atoms with van der Waals surface area (Å²) >= 11 is 9.15. The van der Waals surface area contributed by atoms with Gasteiger partial charge >= 0.3 is 5.97 Å². The fraction of sp³-hybridized carbons (Fsp3) is 0.333. The molecular formula is C12H12BrClO3. The molecule has 5 heteroatoms. The van der Waals surface area contributed by atoms with E-state index in [1.165, 1.54) is 7.11 Å². The minimum Gasteiger partial charge on any atom is -0.469 e. The largest absolute Gasteiger partial charge is 0.469 e. The molecule has 17 heavy (non-hydrogen) atoms. The Kier molecular flexibility index (Phi) is 5.65. The maximum atomic E-state index is 11.8. The molecule has 0 aliphatic heterocycles. The number of carbonyl (C=O) groups is 2. The average Bonchev–Trinajstić information content (AvgIpc) is 2.32. The highest BCUT2D eigenvalue weighted by Crippen LogP contribution is 2.24. The molecule has 1 aromatic rings. The smallest absolute Gasteiger partial charge is 0.305 e. The summed E-state index contributed by atoms with van der Waals surface area (Å²) in [6, 6.07) is 5.05. The number of benzene rings is 1. The van der Waals surface area contributed by atoms with Crippen molar-refractivity contribution in [2.45, 2.75) is 19.3 Å². The zero-order valence-corrected chi connectivity index (χ0v) is 11.7. The molecule has 3 nitrogen and oxygen atoms in total. The summed E-state index contributed by atoms with van der Waals surface area (Å²) < 4.78 is 5.25. The average molecular weight is 320 g/mol. The molecule has 0 radical (unpaired) electrons. The predicted octanol–water partition coefficient (Wildman–Crippen LogP) is 3.63. The Bertz CT molecular complexity index is 432. The first kappa shape index (κ1) is 14.2. The normalized spacial score (nSPS) is 10.1. The lowest BCUT2D eigenvalue weighted by Crippen LogP contribution is -2.03. The molecule has 0 fully saturated rings. The Morgan fingerprint density at radius 3 is 2.65 bits per heavy atom. The second-order valence-corrected chi connectivity index (χ2v) is 4.74. The molecule has 0 aliphatic rings. The second-order valence-electron chi connectivity index (χ2n) is 3.48. The van der Waals surface area contributed by atoms with Gasteiger partial charge in [0, 0.05) is 22.9 Å². The van der Waals surface area contributed by atoms with Crippen molar-refractivity contribution >= 4 is 39.3 Å². The molecule has 0 bridgehead atoms. The third kappa shape index (κ3) is 4.48. The maximum absolute atomic E-state index is 11.8. The summed E-state index contributed by atoms with van der Waals surface area (Å²) in [5.74, 6) is -0.324. The SMILES string of the molecule is COC(=O)CCCC(=O)c1ccc(Br)c(Cl)c1. The van der Waals surface area contributed by atoms with Gasteiger partial charge in [-0.15, -0.1) is 0 Å². The summed E-state index contributed by atoms with van der Waals surface area (Å²) in [4.78, 5) is 22.6. The van der Waals surface area contributed by atoms with E-state index in [2.05, 4.69) is 20.7 Å². The Hall–Kier alpha value is -0.870. The highest BCUT2D eigenvalue weighted by Gasteiger charge is 2.09. The summed E-state index contributed by atoms with van der Waals surface area (Å²) in [7, 11) is 1.33. The van der Waals surface area contributed by atoms with Crippen LogP contribution in [0.4, 0.5) is 0 Å². The van der Waals surface area contributed by atoms with Crippen molar-refractivity contribution in [2.75, 3.05) is 7.11 Å². The van der Waals surface area contributed by atoms with Gasteiger partial charge in [-0.05, 0) is 34.5 Å². The van der Waals surface area contributed by atoms with Crippen LogP contribution in [0.2, 0.25) is 5.02 Å². The Balaban J connectivity index is 2.52. The van der Waals surface area contributed by atoms with Gasteiger partial charge in [-0.25, -0.2) is 0 Å². The molecule has 0 saturated carbocycles. The van der Waals surface area contributed by atoms with Gasteiger partial charge in [-0.1, -0.05) is 17.7 Å². The number of esters is 1. The summed E-state index contributed by atoms with van der Waals surface area (Å²) in [5.41, 5.74) is 0.558. The van der Waals surface area contributed by atoms with E-state index in [1.807, 2.05) is 0 Å². The maximum Gasteiger partial charge on any atom is 0.305 e. The number of Topliss-reactive ketones (excluding diaryl/α,β-unsaturated/α-hetero) is 1. The fourth-order valence-electron chi connectivity index (χ4n) is 1.31. The van der Waals surface area contributed by atoms with Gasteiger partial charge in [-0.3, -0.25) is 9.59 Å². The molecule has 0 atom stereocenters. The van der Waals surface area contributed by atoms with Crippen LogP contribution in [-0.4, -0.2) is 18.9 Å². The molecule has 0 aliphatic carbocycles. The van der Waals surface area contributed by atoms with E-state index in [0.717, 1.165) is 4.47 Å². The van der Waals surface area contributed by atoms with Gasteiger partial charge in [0.2, 0.25) is 0 Å². The molecule has 92 valence electrons. The highest BCUT2D eigenvalue weighted by atomic mass is 79.9. The molecule has 1 aromatic carbocycles. The molecule has 0 spiro atoms. The van der Waals surface area contributed by atoms with Crippen LogP contribution >= 0.6 is 27.5 Å². The first-order chi connectivity index (χ1) is 8.04. The van der Waals surface area contributed by atoms with Crippen molar-refractivity contribution in [3.8, 4) is 0 Å². The number of halogens is 2. The topological polar surface area (TPSA) is 43.4 Å². The first-order valence-electron chi connectivity index (χ1n) is 5.09. The number of methoxy groups -OCH3 is 1. The Morgan fingerprint density at radius 2 is 2.06 bits per heavy atom. The van der Waals surface area contributed by atoms with Crippen molar-refractivity contribution < 1.29 is 14.3 Å². The van der Waals surface area contributed by atoms with Crippen LogP contribution in [0.15, 0.2) is 22.7 Å². The minimum absolute atomic E-state index is 0.0247. The van der Waals surface area contributed by atoms with Crippen molar-refractivity contribution in [1.29, 1.82) is 0 Å². The number of hydrogen-bond acceptors (Lipinski definition) is 3. The Labute approximate surface area is 113 Å². The van der Waals surface area contributed by atoms with E-state index >= 15 is 0 Å². The lowest BCUT2D eigenvalue weighted by atomic mass is 10.1. The number of ketones is 1. The lowest BCUT2D eigenvalue weighted by molar-refractivity contribution is -0.140. The number of ether oxygens (including phenoxy) is 1. The molecule has 1 rings (SSSR count). The van der Waals surface area contributed by atoms with Crippen molar-refractivity contribution in [2.24, 2.45) is 0 Å². The minimum atomic E-state index is -0.299. The van der Waals surface area contributed by atoms with E-state index in [0.29, 0.717) is 23.4 Å². The summed E-state index contributed by atoms with van der Waals surface area (Å²) in [6.45, 7) is 0. The molecule has 0 amide bonds. The van der Waals surface area contributed by atoms with Crippen LogP contribution in [0.25, 0.3) is 0 Å². The van der Waals surface area contributed by atoms with Crippen molar-refractivity contribution in [3.05, 3.63) is 33.3 Å². The van der Waals surface area contributed by atoms with Gasteiger partial charge in [-0.2, -0.15) is 0 Å². The van der Waals surface area contributed by atoms with Gasteiger partial charge in [0.25, 0.3) is 0 Å². The third-order valence-corrected chi connectivity index (χ3v) is 3.49. The van der Waals surface area contributed by atoms with Gasteiger partial charge in [0.1, 0.15) is 0 Å². The van der Waals surface area contributed by atoms with Crippen molar-refractivity contribution in [3.63, 3.8) is 0 Å². The quantitative estimate of drug-likeness (QED) is 0.615. The van der Waals surface area contributed by atoms with Crippen LogP contribution in [-0.2, 0) is 9.53 Å². The van der Waals surface area contributed by atoms with Crippen molar-refractivity contribution in [1.82, 2.24) is 0 Å². The number of carbonyl (C=O) groups excluding carboxylic acids is 2. The highest BCUT2D eigenvalue weighted by molar-refractivity contribution is 9.10. The lowest BCUT2D eigenvalue weighted by Gasteiger charge is -2.02. The summed E-state index contributed by atoms with van der Waals surface area (Å²) in [5, 5.41) is 0.504. The van der Waals surface area contributed by atoms with Gasteiger partial charge < -0.3 is 4.74 Å². The van der Waals surface area contributed by atoms with Crippen LogP contribution < -0.4 is 0 Å². The van der Waals surface area contributed by atoms with Crippen LogP contribution in [0.3, 0.4) is 0 Å². The second kappa shape index (κ2) is 6.77. The summed E-state index contributed by atoms with van der Waals surface area (Å²) in [6.07, 6.45) is 1.05. The molecule has 0 heterocycles. The van der Waals surface area contributed by atoms with Crippen LogP contribution in [0, 0.1) is 0 Å². The zero-order valence-electron chi connectivity index (χ0n) is 9.33. The molecule has 0 aromatic heterocycles. The molecule has 0 saturated heterocycles. The van der Waals surface area contributed by atoms with Gasteiger partial charge in [0.15, 0.2) is 5.78 Å². The predicted molar refractivity (Wildman–Crippen MR) is 69.3 cm³/mol. The molecular weight excluding hydrogens is 307 g/mol.